The number of hydrogen-bond donors (Lipinski definition) is 0. The van der Waals surface area contributed by atoms with Crippen LogP contribution in [0, 0.1) is 0 Å². The Morgan fingerprint density at radius 3 is 2.11 bits per heavy atom. The lowest BCUT2D eigenvalue weighted by molar-refractivity contribution is 0.359. The number of allylic oxidation sites excluding steroid dienone is 8. The van der Waals surface area contributed by atoms with Crippen molar-refractivity contribution in [3.8, 4) is 0 Å². The van der Waals surface area contributed by atoms with Crippen LogP contribution in [0.2, 0.25) is 0 Å². The van der Waals surface area contributed by atoms with Gasteiger partial charge in [-0.2, -0.15) is 0 Å². The molecule has 0 amide bonds. The summed E-state index contributed by atoms with van der Waals surface area (Å²) in [5.74, 6) is 0. The van der Waals surface area contributed by atoms with Crippen LogP contribution in [-0.4, -0.2) is 10.9 Å². The first-order valence-corrected chi connectivity index (χ1v) is 22.3. The number of benzene rings is 6. The lowest BCUT2D eigenvalue weighted by atomic mass is 9.66. The lowest BCUT2D eigenvalue weighted by Crippen LogP contribution is -2.36. The van der Waals surface area contributed by atoms with Crippen molar-refractivity contribution in [2.45, 2.75) is 75.7 Å². The number of aryl methyl sites for hydroxylation is 1. The van der Waals surface area contributed by atoms with E-state index in [1.54, 1.807) is 5.57 Å². The summed E-state index contributed by atoms with van der Waals surface area (Å²) >= 11 is 0. The van der Waals surface area contributed by atoms with Crippen molar-refractivity contribution in [3.05, 3.63) is 256 Å². The molecule has 6 aromatic carbocycles. The fraction of sp³-hybridized carbons (Fsp3) is 0.200. The molecule has 1 nitrogen and oxygen atoms in total. The highest BCUT2D eigenvalue weighted by Gasteiger charge is 2.49. The van der Waals surface area contributed by atoms with Crippen molar-refractivity contribution in [3.63, 3.8) is 0 Å². The quantitative estimate of drug-likeness (QED) is 0.112. The molecule has 0 spiro atoms. The minimum Gasteiger partial charge on any atom is -0.338 e. The molecule has 0 aliphatic heterocycles. The molecule has 1 atom stereocenters. The van der Waals surface area contributed by atoms with E-state index in [-0.39, 0.29) is 11.5 Å². The van der Waals surface area contributed by atoms with Crippen LogP contribution in [0.1, 0.15) is 96.9 Å². The predicted molar refractivity (Wildman–Crippen MR) is 259 cm³/mol. The number of fused-ring (bicyclic) bond motifs is 5. The van der Waals surface area contributed by atoms with Gasteiger partial charge in [-0.1, -0.05) is 184 Å². The van der Waals surface area contributed by atoms with E-state index in [0.29, 0.717) is 0 Å². The summed E-state index contributed by atoms with van der Waals surface area (Å²) < 4.78 is 0. The highest BCUT2D eigenvalue weighted by molar-refractivity contribution is 5.92. The number of nitrogens with zero attached hydrogens (tertiary/aromatic N) is 1. The van der Waals surface area contributed by atoms with Crippen LogP contribution in [-0.2, 0) is 17.3 Å². The second kappa shape index (κ2) is 15.9. The second-order valence-corrected chi connectivity index (χ2v) is 17.8. The van der Waals surface area contributed by atoms with Gasteiger partial charge in [0.2, 0.25) is 0 Å². The maximum Gasteiger partial charge on any atom is 0.0710 e. The highest BCUT2D eigenvalue weighted by atomic mass is 15.2. The molecule has 10 rings (SSSR count). The summed E-state index contributed by atoms with van der Waals surface area (Å²) in [4.78, 5) is 2.71. The Kier molecular flexibility index (Phi) is 10.1. The zero-order valence-corrected chi connectivity index (χ0v) is 35.7. The molecule has 0 radical (unpaired) electrons. The fourth-order valence-corrected chi connectivity index (χ4v) is 11.2. The van der Waals surface area contributed by atoms with Gasteiger partial charge in [0.05, 0.1) is 11.5 Å². The normalized spacial score (nSPS) is 17.6. The van der Waals surface area contributed by atoms with Gasteiger partial charge in [-0.25, -0.2) is 0 Å². The van der Waals surface area contributed by atoms with Gasteiger partial charge in [0, 0.05) is 22.4 Å². The van der Waals surface area contributed by atoms with Crippen molar-refractivity contribution in [1.29, 1.82) is 0 Å². The van der Waals surface area contributed by atoms with Gasteiger partial charge in [-0.15, -0.1) is 13.2 Å². The van der Waals surface area contributed by atoms with Gasteiger partial charge in [0.15, 0.2) is 0 Å². The Hall–Kier alpha value is -6.44. The van der Waals surface area contributed by atoms with Gasteiger partial charge in [-0.05, 0) is 129 Å². The van der Waals surface area contributed by atoms with Crippen molar-refractivity contribution < 1.29 is 0 Å². The molecule has 61 heavy (non-hydrogen) atoms. The molecule has 4 aliphatic carbocycles. The predicted octanol–water partition coefficient (Wildman–Crippen LogP) is 15.1. The smallest absolute Gasteiger partial charge is 0.0710 e. The third-order valence-corrected chi connectivity index (χ3v) is 14.1. The molecule has 1 unspecified atom stereocenters. The van der Waals surface area contributed by atoms with Crippen LogP contribution in [0.25, 0.3) is 28.0 Å². The molecule has 4 aliphatic rings. The van der Waals surface area contributed by atoms with Gasteiger partial charge in [0.1, 0.15) is 0 Å². The molecule has 0 heterocycles. The maximum absolute atomic E-state index is 4.59. The summed E-state index contributed by atoms with van der Waals surface area (Å²) in [6, 6.07) is 54.6. The largest absolute Gasteiger partial charge is 0.338 e. The van der Waals surface area contributed by atoms with Crippen LogP contribution in [0.15, 0.2) is 212 Å². The van der Waals surface area contributed by atoms with Gasteiger partial charge in [-0.3, -0.25) is 0 Å². The Balaban J connectivity index is 1.12. The topological polar surface area (TPSA) is 3.24 Å². The van der Waals surface area contributed by atoms with Crippen LogP contribution in [0.4, 0.5) is 0 Å². The van der Waals surface area contributed by atoms with Crippen LogP contribution >= 0.6 is 0 Å². The van der Waals surface area contributed by atoms with Gasteiger partial charge in [0.25, 0.3) is 0 Å². The van der Waals surface area contributed by atoms with E-state index in [1.807, 2.05) is 6.08 Å². The molecule has 0 bridgehead atoms. The molecule has 0 fully saturated rings. The summed E-state index contributed by atoms with van der Waals surface area (Å²) in [5, 5.41) is 2.56. The maximum atomic E-state index is 4.59. The first-order chi connectivity index (χ1) is 29.9. The third kappa shape index (κ3) is 6.45. The molecular weight excluding hydrogens is 735 g/mol. The van der Waals surface area contributed by atoms with E-state index in [0.717, 1.165) is 44.9 Å². The van der Waals surface area contributed by atoms with Crippen LogP contribution < -0.4 is 0 Å². The summed E-state index contributed by atoms with van der Waals surface area (Å²) in [6.07, 6.45) is 20.9. The van der Waals surface area contributed by atoms with Crippen molar-refractivity contribution >= 4 is 28.0 Å². The van der Waals surface area contributed by atoms with Crippen molar-refractivity contribution in [2.75, 3.05) is 0 Å². The molecule has 300 valence electrons. The fourth-order valence-electron chi connectivity index (χ4n) is 11.2. The van der Waals surface area contributed by atoms with E-state index >= 15 is 0 Å². The zero-order valence-electron chi connectivity index (χ0n) is 35.7. The second-order valence-electron chi connectivity index (χ2n) is 17.8. The van der Waals surface area contributed by atoms with E-state index in [2.05, 4.69) is 208 Å². The molecule has 6 aromatic rings. The Labute approximate surface area is 363 Å². The SMILES string of the molecule is C=CCCc1ccc2ccc(/C=C/CC(C=C)N(C3=CC4=C(CC3)c3ccccc3C4(c3ccccc3)c3ccccc3)C3=CCCC4=C3c3ccccc3C4(C)C)cc2c1. The average molecular weight is 790 g/mol. The van der Waals surface area contributed by atoms with Crippen LogP contribution in [0.5, 0.6) is 0 Å². The molecule has 0 aromatic heterocycles. The van der Waals surface area contributed by atoms with E-state index < -0.39 is 5.41 Å². The minimum atomic E-state index is -0.440. The third-order valence-electron chi connectivity index (χ3n) is 14.1. The van der Waals surface area contributed by atoms with Gasteiger partial charge >= 0.3 is 0 Å². The molecule has 0 saturated carbocycles. The molecule has 0 saturated heterocycles. The Morgan fingerprint density at radius 2 is 1.38 bits per heavy atom. The number of hydrogen-bond acceptors (Lipinski definition) is 1. The molecular formula is C60H55N. The summed E-state index contributed by atoms with van der Waals surface area (Å²) in [6.45, 7) is 13.4. The number of rotatable bonds is 12. The van der Waals surface area contributed by atoms with Crippen molar-refractivity contribution in [1.82, 2.24) is 4.90 Å². The van der Waals surface area contributed by atoms with Crippen LogP contribution in [0.3, 0.4) is 0 Å². The summed E-state index contributed by atoms with van der Waals surface area (Å²) in [5.41, 5.74) is 18.9. The standard InChI is InChI=1S/C60H55N/c1-5-7-20-42-33-35-44-36-34-43(40-45(44)39-42)21-18-26-48(6-2)61(57-32-19-31-55-58(57)52-28-15-16-29-53(52)59(55,3)4)49-37-38-51-50-27-14-17-30-54(50)60(56(51)41-49,46-22-10-8-11-23-46)47-24-12-9-13-25-47/h5-6,8-18,21-25,27-30,32-36,39-41,48H,1-2,7,19-20,26,31,37-38H2,3-4H3/b21-18+. The first-order valence-electron chi connectivity index (χ1n) is 22.3. The average Bonchev–Trinajstić information content (AvgIpc) is 3.74. The Morgan fingerprint density at radius 1 is 0.689 bits per heavy atom. The minimum absolute atomic E-state index is 0.0260. The zero-order chi connectivity index (χ0) is 41.6. The van der Waals surface area contributed by atoms with E-state index in [9.17, 15) is 0 Å². The first kappa shape index (κ1) is 38.7. The Bertz CT molecular complexity index is 2800. The monoisotopic (exact) mass is 789 g/mol. The molecule has 0 N–H and O–H groups in total. The van der Waals surface area contributed by atoms with Crippen molar-refractivity contribution in [2.24, 2.45) is 0 Å². The van der Waals surface area contributed by atoms with E-state index in [1.165, 1.54) is 83.4 Å². The lowest BCUT2D eigenvalue weighted by Gasteiger charge is -2.41. The van der Waals surface area contributed by atoms with E-state index in [4.69, 9.17) is 0 Å². The molecule has 1 heteroatoms. The highest BCUT2D eigenvalue weighted by Crippen LogP contribution is 2.59. The summed E-state index contributed by atoms with van der Waals surface area (Å²) in [7, 11) is 0. The van der Waals surface area contributed by atoms with Gasteiger partial charge < -0.3 is 4.90 Å².